The van der Waals surface area contributed by atoms with Gasteiger partial charge in [0, 0.05) is 4.90 Å². The molecule has 2 aromatic rings. The second-order valence-corrected chi connectivity index (χ2v) is 5.87. The molecule has 5 heteroatoms. The molecule has 4 N–H and O–H groups in total. The van der Waals surface area contributed by atoms with E-state index >= 15 is 0 Å². The van der Waals surface area contributed by atoms with E-state index in [0.29, 0.717) is 22.2 Å². The lowest BCUT2D eigenvalue weighted by molar-refractivity contribution is 0.0997. The first-order valence-electron chi connectivity index (χ1n) is 6.30. The summed E-state index contributed by atoms with van der Waals surface area (Å²) >= 11 is 1.40. The molecule has 20 heavy (non-hydrogen) atoms. The average molecular weight is 287 g/mol. The molecule has 0 atom stereocenters. The number of rotatable bonds is 4. The predicted octanol–water partition coefficient (Wildman–Crippen LogP) is 3.04. The first-order valence-corrected chi connectivity index (χ1v) is 7.12. The normalized spacial score (nSPS) is 10.8. The number of primary amides is 1. The Morgan fingerprint density at radius 1 is 1.25 bits per heavy atom. The summed E-state index contributed by atoms with van der Waals surface area (Å²) < 4.78 is 0. The van der Waals surface area contributed by atoms with Crippen LogP contribution in [-0.2, 0) is 0 Å². The minimum atomic E-state index is -0.522. The van der Waals surface area contributed by atoms with Crippen LogP contribution in [0, 0.1) is 0 Å². The Labute approximate surface area is 122 Å². The van der Waals surface area contributed by atoms with Crippen LogP contribution in [0.2, 0.25) is 0 Å². The number of aromatic nitrogens is 1. The fourth-order valence-corrected chi connectivity index (χ4v) is 2.63. The summed E-state index contributed by atoms with van der Waals surface area (Å²) in [7, 11) is 0. The van der Waals surface area contributed by atoms with E-state index in [2.05, 4.69) is 31.0 Å². The van der Waals surface area contributed by atoms with Gasteiger partial charge in [-0.3, -0.25) is 4.79 Å². The summed E-state index contributed by atoms with van der Waals surface area (Å²) in [4.78, 5) is 16.6. The van der Waals surface area contributed by atoms with Gasteiger partial charge in [0.15, 0.2) is 0 Å². The first-order chi connectivity index (χ1) is 9.47. The first kappa shape index (κ1) is 14.4. The smallest absolute Gasteiger partial charge is 0.251 e. The molecule has 0 bridgehead atoms. The summed E-state index contributed by atoms with van der Waals surface area (Å²) in [6.45, 7) is 4.30. The highest BCUT2D eigenvalue weighted by Crippen LogP contribution is 2.30. The molecule has 0 aliphatic rings. The molecule has 0 aliphatic carbocycles. The minimum Gasteiger partial charge on any atom is -0.397 e. The largest absolute Gasteiger partial charge is 0.397 e. The monoisotopic (exact) mass is 287 g/mol. The molecule has 0 aliphatic heterocycles. The number of pyridine rings is 1. The summed E-state index contributed by atoms with van der Waals surface area (Å²) in [6, 6.07) is 9.74. The van der Waals surface area contributed by atoms with Gasteiger partial charge in [-0.15, -0.1) is 0 Å². The number of hydrogen-bond acceptors (Lipinski definition) is 4. The Hall–Kier alpha value is -2.01. The maximum absolute atomic E-state index is 11.4. The van der Waals surface area contributed by atoms with Crippen LogP contribution < -0.4 is 11.5 Å². The zero-order chi connectivity index (χ0) is 14.7. The zero-order valence-corrected chi connectivity index (χ0v) is 12.3. The van der Waals surface area contributed by atoms with Crippen LogP contribution in [0.15, 0.2) is 46.5 Å². The van der Waals surface area contributed by atoms with Gasteiger partial charge in [0.25, 0.3) is 5.91 Å². The van der Waals surface area contributed by atoms with Gasteiger partial charge in [0.05, 0.1) is 17.4 Å². The van der Waals surface area contributed by atoms with Crippen LogP contribution in [0.1, 0.15) is 35.7 Å². The number of carbonyl (C=O) groups excluding carboxylic acids is 1. The lowest BCUT2D eigenvalue weighted by Crippen LogP contribution is -2.13. The van der Waals surface area contributed by atoms with Gasteiger partial charge < -0.3 is 11.5 Å². The third kappa shape index (κ3) is 3.30. The number of anilines is 1. The van der Waals surface area contributed by atoms with Crippen LogP contribution in [-0.4, -0.2) is 10.9 Å². The number of hydrogen-bond donors (Lipinski definition) is 2. The average Bonchev–Trinajstić information content (AvgIpc) is 2.41. The molecule has 0 fully saturated rings. The SMILES string of the molecule is CC(C)c1ccc(Sc2ncc(N)cc2C(N)=O)cc1. The number of nitrogens with two attached hydrogens (primary N) is 2. The highest BCUT2D eigenvalue weighted by atomic mass is 32.2. The quantitative estimate of drug-likeness (QED) is 0.905. The van der Waals surface area contributed by atoms with Gasteiger partial charge in [-0.1, -0.05) is 37.7 Å². The number of benzene rings is 1. The van der Waals surface area contributed by atoms with Gasteiger partial charge in [0.2, 0.25) is 0 Å². The molecular weight excluding hydrogens is 270 g/mol. The molecule has 1 amide bonds. The van der Waals surface area contributed by atoms with Crippen molar-refractivity contribution in [3.63, 3.8) is 0 Å². The molecule has 0 radical (unpaired) electrons. The topological polar surface area (TPSA) is 82.0 Å². The second-order valence-electron chi connectivity index (χ2n) is 4.81. The predicted molar refractivity (Wildman–Crippen MR) is 81.8 cm³/mol. The Morgan fingerprint density at radius 3 is 2.45 bits per heavy atom. The van der Waals surface area contributed by atoms with E-state index < -0.39 is 5.91 Å². The number of nitrogen functional groups attached to an aromatic ring is 1. The summed E-state index contributed by atoms with van der Waals surface area (Å²) in [6.07, 6.45) is 1.53. The van der Waals surface area contributed by atoms with Crippen molar-refractivity contribution in [2.75, 3.05) is 5.73 Å². The molecule has 2 rings (SSSR count). The molecule has 1 aromatic carbocycles. The number of amides is 1. The van der Waals surface area contributed by atoms with E-state index in [1.54, 1.807) is 6.07 Å². The van der Waals surface area contributed by atoms with Gasteiger partial charge in [0.1, 0.15) is 5.03 Å². The molecule has 0 saturated heterocycles. The van der Waals surface area contributed by atoms with E-state index in [9.17, 15) is 4.79 Å². The zero-order valence-electron chi connectivity index (χ0n) is 11.5. The maximum atomic E-state index is 11.4. The van der Waals surface area contributed by atoms with Crippen molar-refractivity contribution in [2.45, 2.75) is 29.7 Å². The van der Waals surface area contributed by atoms with E-state index in [0.717, 1.165) is 4.90 Å². The van der Waals surface area contributed by atoms with Gasteiger partial charge in [-0.2, -0.15) is 0 Å². The van der Waals surface area contributed by atoms with Gasteiger partial charge in [-0.25, -0.2) is 4.98 Å². The third-order valence-corrected chi connectivity index (χ3v) is 3.93. The van der Waals surface area contributed by atoms with Crippen LogP contribution in [0.5, 0.6) is 0 Å². The Kier molecular flexibility index (Phi) is 4.29. The number of nitrogens with zero attached hydrogens (tertiary/aromatic N) is 1. The Morgan fingerprint density at radius 2 is 1.90 bits per heavy atom. The highest BCUT2D eigenvalue weighted by molar-refractivity contribution is 7.99. The van der Waals surface area contributed by atoms with Crippen molar-refractivity contribution in [3.8, 4) is 0 Å². The van der Waals surface area contributed by atoms with Crippen LogP contribution in [0.4, 0.5) is 5.69 Å². The molecular formula is C15H17N3OS. The molecule has 0 spiro atoms. The molecule has 1 aromatic heterocycles. The summed E-state index contributed by atoms with van der Waals surface area (Å²) in [5.74, 6) is -0.0315. The van der Waals surface area contributed by atoms with E-state index in [1.165, 1.54) is 23.5 Å². The fourth-order valence-electron chi connectivity index (χ4n) is 1.76. The maximum Gasteiger partial charge on any atom is 0.251 e. The molecule has 0 unspecified atom stereocenters. The van der Waals surface area contributed by atoms with E-state index in [1.807, 2.05) is 12.1 Å². The van der Waals surface area contributed by atoms with Gasteiger partial charge >= 0.3 is 0 Å². The van der Waals surface area contributed by atoms with Crippen molar-refractivity contribution in [3.05, 3.63) is 47.7 Å². The molecule has 4 nitrogen and oxygen atoms in total. The second kappa shape index (κ2) is 5.96. The Balaban J connectivity index is 2.28. The van der Waals surface area contributed by atoms with Crippen molar-refractivity contribution in [1.29, 1.82) is 0 Å². The van der Waals surface area contributed by atoms with Crippen LogP contribution in [0.3, 0.4) is 0 Å². The third-order valence-electron chi connectivity index (χ3n) is 2.90. The van der Waals surface area contributed by atoms with Crippen LogP contribution in [0.25, 0.3) is 0 Å². The molecule has 1 heterocycles. The van der Waals surface area contributed by atoms with Crippen molar-refractivity contribution in [2.24, 2.45) is 5.73 Å². The number of carbonyl (C=O) groups is 1. The minimum absolute atomic E-state index is 0.350. The lowest BCUT2D eigenvalue weighted by Gasteiger charge is -2.08. The Bertz CT molecular complexity index is 624. The van der Waals surface area contributed by atoms with Crippen LogP contribution >= 0.6 is 11.8 Å². The lowest BCUT2D eigenvalue weighted by atomic mass is 10.0. The molecule has 104 valence electrons. The van der Waals surface area contributed by atoms with Crippen molar-refractivity contribution >= 4 is 23.4 Å². The van der Waals surface area contributed by atoms with E-state index in [4.69, 9.17) is 11.5 Å². The standard InChI is InChI=1S/C15H17N3OS/c1-9(2)10-3-5-12(6-4-10)20-15-13(14(17)19)7-11(16)8-18-15/h3-9H,16H2,1-2H3,(H2,17,19). The van der Waals surface area contributed by atoms with Crippen molar-refractivity contribution in [1.82, 2.24) is 4.98 Å². The highest BCUT2D eigenvalue weighted by Gasteiger charge is 2.12. The molecule has 0 saturated carbocycles. The van der Waals surface area contributed by atoms with Crippen molar-refractivity contribution < 1.29 is 4.79 Å². The summed E-state index contributed by atoms with van der Waals surface area (Å²) in [5.41, 5.74) is 13.0. The summed E-state index contributed by atoms with van der Waals surface area (Å²) in [5, 5.41) is 0.573. The van der Waals surface area contributed by atoms with E-state index in [-0.39, 0.29) is 0 Å². The van der Waals surface area contributed by atoms with Gasteiger partial charge in [-0.05, 0) is 29.7 Å². The fraction of sp³-hybridized carbons (Fsp3) is 0.200.